The molecule has 4 rings (SSSR count). The van der Waals surface area contributed by atoms with Crippen LogP contribution in [0.15, 0.2) is 91.5 Å². The summed E-state index contributed by atoms with van der Waals surface area (Å²) in [6.07, 6.45) is 1.81. The van der Waals surface area contributed by atoms with E-state index in [9.17, 15) is 4.79 Å². The van der Waals surface area contributed by atoms with Crippen LogP contribution in [0.25, 0.3) is 0 Å². The fraction of sp³-hybridized carbons (Fsp3) is 0.160. The molecule has 1 atom stereocenters. The third-order valence-corrected chi connectivity index (χ3v) is 4.90. The van der Waals surface area contributed by atoms with Crippen molar-refractivity contribution in [2.75, 3.05) is 30.0 Å². The molecule has 0 saturated carbocycles. The third kappa shape index (κ3) is 4.30. The van der Waals surface area contributed by atoms with Gasteiger partial charge in [-0.15, -0.1) is 6.58 Å². The van der Waals surface area contributed by atoms with E-state index < -0.39 is 6.04 Å². The number of hydrogen-bond donors (Lipinski definition) is 1. The normalized spacial score (nSPS) is 13.2. The molecule has 5 nitrogen and oxygen atoms in total. The van der Waals surface area contributed by atoms with Crippen molar-refractivity contribution in [2.24, 2.45) is 0 Å². The minimum absolute atomic E-state index is 0.136. The SMILES string of the molecule is C=CCN(c1ccccc1)[C@@H](C(=O)Nc1ccc2c(c1)OCCO2)c1ccccc1. The molecule has 3 aromatic carbocycles. The second-order valence-corrected chi connectivity index (χ2v) is 6.94. The Morgan fingerprint density at radius 2 is 1.63 bits per heavy atom. The summed E-state index contributed by atoms with van der Waals surface area (Å²) in [5.41, 5.74) is 2.51. The molecule has 30 heavy (non-hydrogen) atoms. The number of carbonyl (C=O) groups is 1. The lowest BCUT2D eigenvalue weighted by atomic mass is 10.0. The number of hydrogen-bond acceptors (Lipinski definition) is 4. The number of amides is 1. The highest BCUT2D eigenvalue weighted by Crippen LogP contribution is 2.34. The Morgan fingerprint density at radius 1 is 0.967 bits per heavy atom. The van der Waals surface area contributed by atoms with Gasteiger partial charge >= 0.3 is 0 Å². The Kier molecular flexibility index (Phi) is 5.99. The number of rotatable bonds is 7. The number of para-hydroxylation sites is 1. The van der Waals surface area contributed by atoms with Gasteiger partial charge in [-0.3, -0.25) is 4.79 Å². The topological polar surface area (TPSA) is 50.8 Å². The molecule has 1 N–H and O–H groups in total. The molecule has 1 amide bonds. The second-order valence-electron chi connectivity index (χ2n) is 6.94. The van der Waals surface area contributed by atoms with Gasteiger partial charge in [-0.05, 0) is 29.8 Å². The van der Waals surface area contributed by atoms with E-state index in [2.05, 4.69) is 11.9 Å². The van der Waals surface area contributed by atoms with Crippen molar-refractivity contribution >= 4 is 17.3 Å². The zero-order chi connectivity index (χ0) is 20.8. The van der Waals surface area contributed by atoms with Gasteiger partial charge in [0.1, 0.15) is 19.3 Å². The van der Waals surface area contributed by atoms with Crippen molar-refractivity contribution < 1.29 is 14.3 Å². The van der Waals surface area contributed by atoms with E-state index in [0.717, 1.165) is 11.3 Å². The number of anilines is 2. The van der Waals surface area contributed by atoms with Crippen molar-refractivity contribution in [1.29, 1.82) is 0 Å². The monoisotopic (exact) mass is 400 g/mol. The summed E-state index contributed by atoms with van der Waals surface area (Å²) in [7, 11) is 0. The Morgan fingerprint density at radius 3 is 2.33 bits per heavy atom. The highest BCUT2D eigenvalue weighted by Gasteiger charge is 2.28. The van der Waals surface area contributed by atoms with Gasteiger partial charge in [0, 0.05) is 24.0 Å². The van der Waals surface area contributed by atoms with Crippen LogP contribution in [0.4, 0.5) is 11.4 Å². The zero-order valence-electron chi connectivity index (χ0n) is 16.7. The van der Waals surface area contributed by atoms with Crippen LogP contribution >= 0.6 is 0 Å². The van der Waals surface area contributed by atoms with Crippen LogP contribution in [0, 0.1) is 0 Å². The van der Waals surface area contributed by atoms with Crippen LogP contribution in [0.3, 0.4) is 0 Å². The predicted octanol–water partition coefficient (Wildman–Crippen LogP) is 4.83. The summed E-state index contributed by atoms with van der Waals surface area (Å²) in [6.45, 7) is 5.44. The summed E-state index contributed by atoms with van der Waals surface area (Å²) in [4.78, 5) is 15.5. The molecule has 1 aliphatic heterocycles. The lowest BCUT2D eigenvalue weighted by Crippen LogP contribution is -2.37. The molecule has 0 aromatic heterocycles. The van der Waals surface area contributed by atoms with Crippen molar-refractivity contribution in [3.05, 3.63) is 97.1 Å². The van der Waals surface area contributed by atoms with Crippen molar-refractivity contribution in [3.63, 3.8) is 0 Å². The van der Waals surface area contributed by atoms with E-state index in [1.807, 2.05) is 77.7 Å². The van der Waals surface area contributed by atoms with E-state index >= 15 is 0 Å². The quantitative estimate of drug-likeness (QED) is 0.577. The predicted molar refractivity (Wildman–Crippen MR) is 119 cm³/mol. The molecule has 152 valence electrons. The van der Waals surface area contributed by atoms with Crippen LogP contribution in [0.5, 0.6) is 11.5 Å². The summed E-state index contributed by atoms with van der Waals surface area (Å²) in [6, 6.07) is 24.6. The Bertz CT molecular complexity index is 1010. The standard InChI is InChI=1S/C25H24N2O3/c1-2-15-27(21-11-7-4-8-12-21)24(19-9-5-3-6-10-19)25(28)26-20-13-14-22-23(18-20)30-17-16-29-22/h2-14,18,24H,1,15-17H2,(H,26,28)/t24-/m1/s1. The average Bonchev–Trinajstić information content (AvgIpc) is 2.80. The molecule has 1 aliphatic rings. The summed E-state index contributed by atoms with van der Waals surface area (Å²) < 4.78 is 11.2. The number of carbonyl (C=O) groups excluding carboxylic acids is 1. The summed E-state index contributed by atoms with van der Waals surface area (Å²) in [5.74, 6) is 1.20. The Hall–Kier alpha value is -3.73. The molecular formula is C25H24N2O3. The molecule has 0 unspecified atom stereocenters. The molecule has 5 heteroatoms. The first-order valence-electron chi connectivity index (χ1n) is 9.94. The smallest absolute Gasteiger partial charge is 0.251 e. The largest absolute Gasteiger partial charge is 0.486 e. The summed E-state index contributed by atoms with van der Waals surface area (Å²) in [5, 5.41) is 3.05. The van der Waals surface area contributed by atoms with E-state index in [4.69, 9.17) is 9.47 Å². The van der Waals surface area contributed by atoms with Crippen LogP contribution < -0.4 is 19.7 Å². The first-order chi connectivity index (χ1) is 14.8. The molecule has 1 heterocycles. The minimum atomic E-state index is -0.528. The van der Waals surface area contributed by atoms with Crippen molar-refractivity contribution in [3.8, 4) is 11.5 Å². The third-order valence-electron chi connectivity index (χ3n) is 4.90. The van der Waals surface area contributed by atoms with E-state index in [-0.39, 0.29) is 5.91 Å². The number of ether oxygens (including phenoxy) is 2. The second kappa shape index (κ2) is 9.18. The first kappa shape index (κ1) is 19.6. The Balaban J connectivity index is 1.67. The average molecular weight is 400 g/mol. The van der Waals surface area contributed by atoms with Gasteiger partial charge in [-0.2, -0.15) is 0 Å². The molecule has 0 bridgehead atoms. The molecule has 0 saturated heterocycles. The van der Waals surface area contributed by atoms with Gasteiger partial charge in [0.25, 0.3) is 5.91 Å². The van der Waals surface area contributed by atoms with Gasteiger partial charge in [0.2, 0.25) is 0 Å². The molecule has 0 spiro atoms. The first-order valence-corrected chi connectivity index (χ1v) is 9.94. The van der Waals surface area contributed by atoms with Crippen LogP contribution in [-0.4, -0.2) is 25.7 Å². The van der Waals surface area contributed by atoms with Crippen LogP contribution in [0.2, 0.25) is 0 Å². The molecule has 0 aliphatic carbocycles. The fourth-order valence-corrected chi connectivity index (χ4v) is 3.56. The maximum atomic E-state index is 13.5. The zero-order valence-corrected chi connectivity index (χ0v) is 16.7. The maximum absolute atomic E-state index is 13.5. The molecule has 0 fully saturated rings. The van der Waals surface area contributed by atoms with E-state index in [1.54, 1.807) is 12.1 Å². The van der Waals surface area contributed by atoms with Crippen LogP contribution in [-0.2, 0) is 4.79 Å². The molecular weight excluding hydrogens is 376 g/mol. The van der Waals surface area contributed by atoms with Crippen molar-refractivity contribution in [1.82, 2.24) is 0 Å². The van der Waals surface area contributed by atoms with Crippen molar-refractivity contribution in [2.45, 2.75) is 6.04 Å². The fourth-order valence-electron chi connectivity index (χ4n) is 3.56. The molecule has 3 aromatic rings. The van der Waals surface area contributed by atoms with Crippen LogP contribution in [0.1, 0.15) is 11.6 Å². The van der Waals surface area contributed by atoms with E-state index in [1.165, 1.54) is 0 Å². The van der Waals surface area contributed by atoms with Gasteiger partial charge in [-0.25, -0.2) is 0 Å². The van der Waals surface area contributed by atoms with Gasteiger partial charge in [0.05, 0.1) is 0 Å². The van der Waals surface area contributed by atoms with Gasteiger partial charge < -0.3 is 19.7 Å². The lowest BCUT2D eigenvalue weighted by molar-refractivity contribution is -0.117. The van der Waals surface area contributed by atoms with E-state index in [0.29, 0.717) is 36.9 Å². The molecule has 0 radical (unpaired) electrons. The van der Waals surface area contributed by atoms with Gasteiger partial charge in [0.15, 0.2) is 11.5 Å². The minimum Gasteiger partial charge on any atom is -0.486 e. The lowest BCUT2D eigenvalue weighted by Gasteiger charge is -2.32. The maximum Gasteiger partial charge on any atom is 0.251 e. The number of fused-ring (bicyclic) bond motifs is 1. The van der Waals surface area contributed by atoms with Gasteiger partial charge in [-0.1, -0.05) is 54.6 Å². The Labute approximate surface area is 176 Å². The number of nitrogens with zero attached hydrogens (tertiary/aromatic N) is 1. The number of nitrogens with one attached hydrogen (secondary N) is 1. The highest BCUT2D eigenvalue weighted by molar-refractivity contribution is 5.98. The highest BCUT2D eigenvalue weighted by atomic mass is 16.6. The summed E-state index contributed by atoms with van der Waals surface area (Å²) >= 11 is 0. The number of benzene rings is 3.